The largest absolute Gasteiger partial charge is 0.414 e. The number of benzene rings is 4. The maximum Gasteiger partial charge on any atom is 0.414 e. The highest BCUT2D eigenvalue weighted by molar-refractivity contribution is 6.11. The molecule has 0 fully saturated rings. The number of alkyl halides is 6. The molecule has 6 aromatic rings. The summed E-state index contributed by atoms with van der Waals surface area (Å²) < 4.78 is 88.6. The minimum Gasteiger partial charge on any atom is -0.332 e. The van der Waals surface area contributed by atoms with Crippen LogP contribution in [0.5, 0.6) is 0 Å². The van der Waals surface area contributed by atoms with Crippen LogP contribution < -0.4 is 0 Å². The Bertz CT molecular complexity index is 1950. The van der Waals surface area contributed by atoms with Crippen molar-refractivity contribution in [1.82, 2.24) is 9.13 Å². The van der Waals surface area contributed by atoms with Crippen molar-refractivity contribution in [3.63, 3.8) is 0 Å². The summed E-state index contributed by atoms with van der Waals surface area (Å²) >= 11 is 0. The summed E-state index contributed by atoms with van der Waals surface area (Å²) in [5, 5.41) is 3.24. The topological polar surface area (TPSA) is 9.86 Å². The molecule has 7 rings (SSSR count). The lowest BCUT2D eigenvalue weighted by molar-refractivity contribution is -0.175. The van der Waals surface area contributed by atoms with Crippen LogP contribution in [0.25, 0.3) is 49.3 Å². The van der Waals surface area contributed by atoms with Crippen molar-refractivity contribution in [2.45, 2.75) is 18.4 Å². The molecule has 0 amide bonds. The Balaban J connectivity index is 1.54. The average molecular weight is 547 g/mol. The number of allylic oxidation sites excluding steroid dienone is 4. The second kappa shape index (κ2) is 8.52. The molecule has 0 spiro atoms. The molecule has 0 saturated heterocycles. The van der Waals surface area contributed by atoms with Gasteiger partial charge in [-0.2, -0.15) is 26.3 Å². The average Bonchev–Trinajstić information content (AvgIpc) is 3.44. The molecular formula is C32H20F6N2. The first kappa shape index (κ1) is 24.6. The minimum absolute atomic E-state index is 0.301. The summed E-state index contributed by atoms with van der Waals surface area (Å²) in [4.78, 5) is 0. The van der Waals surface area contributed by atoms with Crippen LogP contribution in [0, 0.1) is 5.92 Å². The number of halogens is 6. The molecule has 40 heavy (non-hydrogen) atoms. The number of para-hydroxylation sites is 3. The lowest BCUT2D eigenvalue weighted by Gasteiger charge is -2.34. The summed E-state index contributed by atoms with van der Waals surface area (Å²) in [5.74, 6) is -2.34. The normalized spacial score (nSPS) is 18.3. The molecule has 0 bridgehead atoms. The zero-order chi connectivity index (χ0) is 27.8. The van der Waals surface area contributed by atoms with E-state index in [1.165, 1.54) is 4.57 Å². The molecule has 0 radical (unpaired) electrons. The van der Waals surface area contributed by atoms with Gasteiger partial charge in [0.2, 0.25) is 0 Å². The Morgan fingerprint density at radius 3 is 1.68 bits per heavy atom. The molecular weight excluding hydrogens is 526 g/mol. The van der Waals surface area contributed by atoms with Crippen molar-refractivity contribution in [2.75, 3.05) is 0 Å². The fraction of sp³-hybridized carbons (Fsp3) is 0.125. The molecule has 2 atom stereocenters. The van der Waals surface area contributed by atoms with E-state index in [1.54, 1.807) is 36.4 Å². The molecule has 1 aliphatic rings. The van der Waals surface area contributed by atoms with Gasteiger partial charge in [-0.3, -0.25) is 0 Å². The number of hydrogen-bond acceptors (Lipinski definition) is 0. The second-order valence-corrected chi connectivity index (χ2v) is 9.98. The molecule has 200 valence electrons. The third kappa shape index (κ3) is 3.58. The number of rotatable bonds is 2. The molecule has 2 nitrogen and oxygen atoms in total. The van der Waals surface area contributed by atoms with Crippen LogP contribution in [0.1, 0.15) is 6.04 Å². The zero-order valence-electron chi connectivity index (χ0n) is 20.7. The molecule has 0 N–H and O–H groups in total. The van der Waals surface area contributed by atoms with Crippen LogP contribution in [0.4, 0.5) is 26.3 Å². The van der Waals surface area contributed by atoms with Crippen LogP contribution in [0.3, 0.4) is 0 Å². The van der Waals surface area contributed by atoms with Crippen LogP contribution >= 0.6 is 0 Å². The summed E-state index contributed by atoms with van der Waals surface area (Å²) in [7, 11) is 0. The quantitative estimate of drug-likeness (QED) is 0.191. The van der Waals surface area contributed by atoms with Gasteiger partial charge in [0.1, 0.15) is 0 Å². The van der Waals surface area contributed by atoms with E-state index in [1.807, 2.05) is 54.6 Å². The number of aromatic nitrogens is 2. The van der Waals surface area contributed by atoms with E-state index in [0.29, 0.717) is 21.8 Å². The fourth-order valence-corrected chi connectivity index (χ4v) is 6.16. The summed E-state index contributed by atoms with van der Waals surface area (Å²) in [6, 6.07) is 25.7. The number of fused-ring (bicyclic) bond motifs is 6. The van der Waals surface area contributed by atoms with Gasteiger partial charge in [-0.15, -0.1) is 0 Å². The molecule has 2 unspecified atom stereocenters. The molecule has 0 saturated carbocycles. The van der Waals surface area contributed by atoms with Crippen LogP contribution in [-0.2, 0) is 0 Å². The van der Waals surface area contributed by atoms with Gasteiger partial charge in [0, 0.05) is 38.3 Å². The molecule has 2 aromatic heterocycles. The van der Waals surface area contributed by atoms with Crippen molar-refractivity contribution in [3.8, 4) is 5.69 Å². The first-order chi connectivity index (χ1) is 19.1. The minimum atomic E-state index is -4.94. The number of hydrogen-bond donors (Lipinski definition) is 0. The maximum absolute atomic E-state index is 14.2. The Labute approximate surface area is 224 Å². The summed E-state index contributed by atoms with van der Waals surface area (Å²) in [5.41, 5.74) is 2.03. The fourth-order valence-electron chi connectivity index (χ4n) is 6.16. The lowest BCUT2D eigenvalue weighted by atomic mass is 9.87. The van der Waals surface area contributed by atoms with E-state index in [9.17, 15) is 26.3 Å². The van der Waals surface area contributed by atoms with E-state index in [0.717, 1.165) is 45.7 Å². The second-order valence-electron chi connectivity index (χ2n) is 9.98. The van der Waals surface area contributed by atoms with Crippen molar-refractivity contribution in [1.29, 1.82) is 0 Å². The molecule has 0 aliphatic heterocycles. The van der Waals surface area contributed by atoms with Crippen LogP contribution in [0.2, 0.25) is 0 Å². The third-order valence-corrected chi connectivity index (χ3v) is 7.77. The van der Waals surface area contributed by atoms with Crippen LogP contribution in [0.15, 0.2) is 115 Å². The van der Waals surface area contributed by atoms with Gasteiger partial charge in [0.05, 0.1) is 28.6 Å². The Hall–Kier alpha value is -4.46. The van der Waals surface area contributed by atoms with Crippen molar-refractivity contribution >= 4 is 43.6 Å². The van der Waals surface area contributed by atoms with E-state index in [4.69, 9.17) is 0 Å². The van der Waals surface area contributed by atoms with Crippen molar-refractivity contribution in [2.24, 2.45) is 5.92 Å². The van der Waals surface area contributed by atoms with E-state index in [-0.39, 0.29) is 0 Å². The van der Waals surface area contributed by atoms with Gasteiger partial charge in [0.25, 0.3) is 0 Å². The van der Waals surface area contributed by atoms with E-state index in [2.05, 4.69) is 4.57 Å². The zero-order valence-corrected chi connectivity index (χ0v) is 20.7. The smallest absolute Gasteiger partial charge is 0.332 e. The summed E-state index contributed by atoms with van der Waals surface area (Å²) in [6.45, 7) is 0. The molecule has 8 heteroatoms. The van der Waals surface area contributed by atoms with Gasteiger partial charge in [0.15, 0.2) is 0 Å². The SMILES string of the molecule is FC(F)(F)C1=CC=CC(C(F)(F)F)C1n1c2ccccc2c2cc(-n3c4ccccc4c4ccccc43)ccc21. The molecule has 4 aromatic carbocycles. The highest BCUT2D eigenvalue weighted by Gasteiger charge is 2.52. The Morgan fingerprint density at radius 2 is 1.10 bits per heavy atom. The van der Waals surface area contributed by atoms with Crippen molar-refractivity contribution in [3.05, 3.63) is 115 Å². The number of nitrogens with zero attached hydrogens (tertiary/aromatic N) is 2. The lowest BCUT2D eigenvalue weighted by Crippen LogP contribution is -2.37. The maximum atomic E-state index is 14.2. The molecule has 2 heterocycles. The third-order valence-electron chi connectivity index (χ3n) is 7.77. The van der Waals surface area contributed by atoms with Gasteiger partial charge in [-0.1, -0.05) is 72.8 Å². The van der Waals surface area contributed by atoms with E-state index >= 15 is 0 Å². The van der Waals surface area contributed by atoms with E-state index < -0.39 is 29.9 Å². The highest BCUT2D eigenvalue weighted by Crippen LogP contribution is 2.50. The molecule has 1 aliphatic carbocycles. The van der Waals surface area contributed by atoms with Gasteiger partial charge in [-0.05, 0) is 36.4 Å². The van der Waals surface area contributed by atoms with Gasteiger partial charge < -0.3 is 9.13 Å². The predicted octanol–water partition coefficient (Wildman–Crippen LogP) is 9.67. The monoisotopic (exact) mass is 546 g/mol. The first-order valence-corrected chi connectivity index (χ1v) is 12.7. The summed E-state index contributed by atoms with van der Waals surface area (Å²) in [6.07, 6.45) is -7.41. The van der Waals surface area contributed by atoms with Gasteiger partial charge >= 0.3 is 12.4 Å². The predicted molar refractivity (Wildman–Crippen MR) is 146 cm³/mol. The first-order valence-electron chi connectivity index (χ1n) is 12.7. The van der Waals surface area contributed by atoms with Gasteiger partial charge in [-0.25, -0.2) is 0 Å². The Kier molecular flexibility index (Phi) is 5.23. The van der Waals surface area contributed by atoms with Crippen LogP contribution in [-0.4, -0.2) is 21.5 Å². The highest BCUT2D eigenvalue weighted by atomic mass is 19.4. The standard InChI is InChI=1S/C32H20F6N2/c33-31(34,35)24-11-7-12-25(32(36,37)38)30(24)40-28-15-6-3-10-22(28)23-18-19(16-17-29(23)40)39-26-13-4-1-8-20(26)21-9-2-5-14-27(21)39/h1-18,24,30H. The van der Waals surface area contributed by atoms with Crippen molar-refractivity contribution < 1.29 is 26.3 Å². The Morgan fingerprint density at radius 1 is 0.575 bits per heavy atom.